The van der Waals surface area contributed by atoms with Gasteiger partial charge in [-0.1, -0.05) is 13.8 Å². The molecule has 0 radical (unpaired) electrons. The zero-order chi connectivity index (χ0) is 34.3. The highest BCUT2D eigenvalue weighted by Gasteiger charge is 2.75. The molecule has 0 aromatic carbocycles. The van der Waals surface area contributed by atoms with Crippen LogP contribution in [0.2, 0.25) is 0 Å². The van der Waals surface area contributed by atoms with E-state index in [2.05, 4.69) is 6.92 Å². The van der Waals surface area contributed by atoms with Gasteiger partial charge in [0.05, 0.1) is 47.6 Å². The lowest BCUT2D eigenvalue weighted by molar-refractivity contribution is -0.343. The molecule has 0 amide bonds. The van der Waals surface area contributed by atoms with Crippen molar-refractivity contribution in [2.75, 3.05) is 14.2 Å². The third kappa shape index (κ3) is 5.47. The minimum atomic E-state index is -1.53. The van der Waals surface area contributed by atoms with Gasteiger partial charge in [0, 0.05) is 20.6 Å². The van der Waals surface area contributed by atoms with Crippen molar-refractivity contribution < 1.29 is 59.1 Å². The molecule has 19 atom stereocenters. The summed E-state index contributed by atoms with van der Waals surface area (Å²) in [7, 11) is 3.05. The zero-order valence-corrected chi connectivity index (χ0v) is 29.2. The maximum absolute atomic E-state index is 12.3. The number of fused-ring (bicyclic) bond motifs is 5. The molecule has 6 fully saturated rings. The minimum absolute atomic E-state index is 0.0150. The predicted octanol–water partition coefficient (Wildman–Crippen LogP) is 1.63. The van der Waals surface area contributed by atoms with Crippen LogP contribution < -0.4 is 0 Å². The van der Waals surface area contributed by atoms with Crippen molar-refractivity contribution in [3.63, 3.8) is 0 Å². The fourth-order valence-electron chi connectivity index (χ4n) is 11.3. The smallest absolute Gasteiger partial charge is 0.187 e. The van der Waals surface area contributed by atoms with Crippen LogP contribution in [-0.4, -0.2) is 130 Å². The van der Waals surface area contributed by atoms with Gasteiger partial charge in [-0.2, -0.15) is 0 Å². The van der Waals surface area contributed by atoms with E-state index in [0.29, 0.717) is 25.2 Å². The predicted molar refractivity (Wildman–Crippen MR) is 168 cm³/mol. The van der Waals surface area contributed by atoms with Gasteiger partial charge in [0.1, 0.15) is 30.0 Å². The Hall–Kier alpha value is -0.480. The van der Waals surface area contributed by atoms with Gasteiger partial charge >= 0.3 is 0 Å². The Kier molecular flexibility index (Phi) is 9.99. The molecule has 0 aromatic rings. The fraction of sp³-hybridized carbons (Fsp3) is 1.00. The molecule has 12 heteroatoms. The zero-order valence-electron chi connectivity index (χ0n) is 29.2. The summed E-state index contributed by atoms with van der Waals surface area (Å²) in [5.41, 5.74) is -4.07. The molecule has 4 saturated carbocycles. The van der Waals surface area contributed by atoms with E-state index in [9.17, 15) is 30.6 Å². The summed E-state index contributed by atoms with van der Waals surface area (Å²) in [6.07, 6.45) is -2.56. The Labute approximate surface area is 279 Å². The molecule has 47 heavy (non-hydrogen) atoms. The van der Waals surface area contributed by atoms with Crippen LogP contribution in [-0.2, 0) is 28.4 Å². The maximum atomic E-state index is 12.3. The second kappa shape index (κ2) is 12.9. The molecular weight excluding hydrogens is 612 g/mol. The van der Waals surface area contributed by atoms with Gasteiger partial charge in [0.2, 0.25) is 0 Å². The molecule has 2 heterocycles. The van der Waals surface area contributed by atoms with E-state index in [1.165, 1.54) is 7.11 Å². The summed E-state index contributed by atoms with van der Waals surface area (Å²) in [5, 5.41) is 67.3. The molecular formula is C35H60O12. The highest BCUT2D eigenvalue weighted by Crippen LogP contribution is 2.70. The van der Waals surface area contributed by atoms with Gasteiger partial charge in [-0.05, 0) is 95.3 Å². The molecule has 0 unspecified atom stereocenters. The van der Waals surface area contributed by atoms with Crippen LogP contribution in [0.5, 0.6) is 0 Å². The van der Waals surface area contributed by atoms with Crippen LogP contribution in [0.15, 0.2) is 0 Å². The SMILES string of the molecule is CO[C@@H]1[C@@H](O)[C@H](O[C@@H]2[C@@H](C)O[C@@H](O[C@H]3CC[C@@]4(C)[C@@H](CC[C@@H]5[C@@H]4C[C@@H](O)[C@]4(C)[C@](O)([C@H](C)O)CC[C@]54O)C3)C[C@H]2OC)O[C@H](C)[C@H]1O. The fourth-order valence-corrected chi connectivity index (χ4v) is 11.3. The van der Waals surface area contributed by atoms with Crippen LogP contribution in [0.25, 0.3) is 0 Å². The van der Waals surface area contributed by atoms with Gasteiger partial charge < -0.3 is 59.1 Å². The first-order valence-electron chi connectivity index (χ1n) is 17.9. The third-order valence-corrected chi connectivity index (χ3v) is 14.4. The Balaban J connectivity index is 1.09. The van der Waals surface area contributed by atoms with Crippen molar-refractivity contribution >= 4 is 0 Å². The second-order valence-electron chi connectivity index (χ2n) is 16.3. The Bertz CT molecular complexity index is 1110. The number of aliphatic hydroxyl groups is 6. The summed E-state index contributed by atoms with van der Waals surface area (Å²) >= 11 is 0. The molecule has 2 saturated heterocycles. The molecule has 6 N–H and O–H groups in total. The third-order valence-electron chi connectivity index (χ3n) is 14.4. The molecule has 272 valence electrons. The van der Waals surface area contributed by atoms with Gasteiger partial charge in [-0.3, -0.25) is 0 Å². The monoisotopic (exact) mass is 672 g/mol. The maximum Gasteiger partial charge on any atom is 0.187 e. The van der Waals surface area contributed by atoms with E-state index in [0.717, 1.165) is 32.1 Å². The van der Waals surface area contributed by atoms with E-state index in [1.807, 2.05) is 6.92 Å². The molecule has 0 aromatic heterocycles. The summed E-state index contributed by atoms with van der Waals surface area (Å²) in [4.78, 5) is 0. The number of aliphatic hydroxyl groups excluding tert-OH is 4. The first-order chi connectivity index (χ1) is 22.0. The largest absolute Gasteiger partial charge is 0.392 e. The number of ether oxygens (including phenoxy) is 6. The second-order valence-corrected chi connectivity index (χ2v) is 16.3. The number of methoxy groups -OCH3 is 2. The van der Waals surface area contributed by atoms with Gasteiger partial charge in [-0.25, -0.2) is 0 Å². The van der Waals surface area contributed by atoms with Gasteiger partial charge in [0.15, 0.2) is 12.6 Å². The molecule has 6 rings (SSSR count). The summed E-state index contributed by atoms with van der Waals surface area (Å²) < 4.78 is 36.1. The Morgan fingerprint density at radius 3 is 2.15 bits per heavy atom. The van der Waals surface area contributed by atoms with E-state index < -0.39 is 78.0 Å². The molecule has 0 bridgehead atoms. The van der Waals surface area contributed by atoms with Crippen LogP contribution in [0.4, 0.5) is 0 Å². The molecule has 6 aliphatic rings. The average molecular weight is 673 g/mol. The Morgan fingerprint density at radius 1 is 0.766 bits per heavy atom. The average Bonchev–Trinajstić information content (AvgIpc) is 3.25. The van der Waals surface area contributed by atoms with E-state index in [4.69, 9.17) is 28.4 Å². The van der Waals surface area contributed by atoms with Crippen molar-refractivity contribution in [3.8, 4) is 0 Å². The lowest BCUT2D eigenvalue weighted by atomic mass is 9.42. The lowest BCUT2D eigenvalue weighted by Gasteiger charge is -2.66. The van der Waals surface area contributed by atoms with Crippen molar-refractivity contribution in [1.82, 2.24) is 0 Å². The van der Waals surface area contributed by atoms with Crippen molar-refractivity contribution in [2.45, 2.75) is 177 Å². The highest BCUT2D eigenvalue weighted by atomic mass is 16.7. The van der Waals surface area contributed by atoms with Crippen molar-refractivity contribution in [1.29, 1.82) is 0 Å². The van der Waals surface area contributed by atoms with Gasteiger partial charge in [0.25, 0.3) is 0 Å². The van der Waals surface area contributed by atoms with Gasteiger partial charge in [-0.15, -0.1) is 0 Å². The summed E-state index contributed by atoms with van der Waals surface area (Å²) in [6, 6.07) is 0. The number of hydrogen-bond donors (Lipinski definition) is 6. The highest BCUT2D eigenvalue weighted by molar-refractivity contribution is 5.25. The topological polar surface area (TPSA) is 177 Å². The molecule has 2 aliphatic heterocycles. The normalized spacial score (nSPS) is 57.1. The van der Waals surface area contributed by atoms with E-state index in [1.54, 1.807) is 27.9 Å². The standard InChI is InChI=1S/C35H60O12/c1-17-27(38)30(43-7)28(39)31(45-17)47-29-18(2)44-26(16-24(29)42-6)46-21-10-11-32(4)20(14-21)8-9-22-23(32)15-25(37)33(5)34(40,19(3)36)12-13-35(22,33)41/h17-31,36-41H,8-16H2,1-7H3/t17-,18-,19+,20+,21+,22-,23+,24-,25-,26+,27-,28-,29-,30+,31+,32+,33-,34-,35+/m1/s1. The first kappa shape index (κ1) is 36.3. The van der Waals surface area contributed by atoms with Crippen LogP contribution in [0.1, 0.15) is 92.4 Å². The first-order valence-corrected chi connectivity index (χ1v) is 17.9. The molecule has 4 aliphatic carbocycles. The lowest BCUT2D eigenvalue weighted by Crippen LogP contribution is -2.72. The number of rotatable bonds is 7. The summed E-state index contributed by atoms with van der Waals surface area (Å²) in [6.45, 7) is 9.26. The van der Waals surface area contributed by atoms with E-state index in [-0.39, 0.29) is 35.9 Å². The minimum Gasteiger partial charge on any atom is -0.392 e. The number of hydrogen-bond acceptors (Lipinski definition) is 12. The molecule has 12 nitrogen and oxygen atoms in total. The van der Waals surface area contributed by atoms with E-state index >= 15 is 0 Å². The van der Waals surface area contributed by atoms with Crippen molar-refractivity contribution in [2.24, 2.45) is 28.6 Å². The Morgan fingerprint density at radius 2 is 1.49 bits per heavy atom. The summed E-state index contributed by atoms with van der Waals surface area (Å²) in [5.74, 6) is 0.402. The van der Waals surface area contributed by atoms with Crippen LogP contribution in [0.3, 0.4) is 0 Å². The van der Waals surface area contributed by atoms with Crippen molar-refractivity contribution in [3.05, 3.63) is 0 Å². The quantitative estimate of drug-likeness (QED) is 0.216. The molecule has 0 spiro atoms. The van der Waals surface area contributed by atoms with Crippen LogP contribution >= 0.6 is 0 Å². The van der Waals surface area contributed by atoms with Crippen LogP contribution in [0, 0.1) is 28.6 Å².